The Balaban J connectivity index is 1.76. The minimum atomic E-state index is -4.45. The molecule has 0 aliphatic rings. The van der Waals surface area contributed by atoms with Crippen LogP contribution in [0, 0.1) is 6.92 Å². The quantitative estimate of drug-likeness (QED) is 0.677. The molecule has 0 aliphatic heterocycles. The molecule has 3 rings (SSSR count). The molecule has 0 bridgehead atoms. The number of carboxylic acids is 1. The first-order chi connectivity index (χ1) is 11.7. The normalized spacial score (nSPS) is 11.8. The molecule has 0 amide bonds. The van der Waals surface area contributed by atoms with Crippen LogP contribution in [0.3, 0.4) is 0 Å². The van der Waals surface area contributed by atoms with E-state index in [0.29, 0.717) is 27.7 Å². The van der Waals surface area contributed by atoms with Gasteiger partial charge in [0.05, 0.1) is 17.0 Å². The SMILES string of the molecule is Cc1nc(C(F)(F)F)sc1COc1ccc2c(CC(=O)O)csc2c1. The van der Waals surface area contributed by atoms with Gasteiger partial charge < -0.3 is 9.84 Å². The third-order valence-corrected chi connectivity index (χ3v) is 5.64. The van der Waals surface area contributed by atoms with Crippen LogP contribution < -0.4 is 4.74 Å². The third-order valence-electron chi connectivity index (χ3n) is 3.47. The molecular formula is C16H12F3NO3S2. The maximum Gasteiger partial charge on any atom is 0.443 e. The molecular weight excluding hydrogens is 375 g/mol. The van der Waals surface area contributed by atoms with E-state index in [9.17, 15) is 18.0 Å². The Labute approximate surface area is 148 Å². The second kappa shape index (κ2) is 6.64. The number of alkyl halides is 3. The van der Waals surface area contributed by atoms with E-state index in [0.717, 1.165) is 15.6 Å². The molecule has 0 unspecified atom stereocenters. The first-order valence-corrected chi connectivity index (χ1v) is 8.82. The molecule has 2 heterocycles. The van der Waals surface area contributed by atoms with E-state index in [4.69, 9.17) is 9.84 Å². The smallest absolute Gasteiger partial charge is 0.443 e. The lowest BCUT2D eigenvalue weighted by Crippen LogP contribution is -2.03. The van der Waals surface area contributed by atoms with Crippen molar-refractivity contribution < 1.29 is 27.8 Å². The maximum absolute atomic E-state index is 12.7. The highest BCUT2D eigenvalue weighted by atomic mass is 32.1. The van der Waals surface area contributed by atoms with Crippen molar-refractivity contribution in [2.24, 2.45) is 0 Å². The number of halogens is 3. The van der Waals surface area contributed by atoms with Crippen molar-refractivity contribution in [3.05, 3.63) is 44.7 Å². The summed E-state index contributed by atoms with van der Waals surface area (Å²) < 4.78 is 44.5. The van der Waals surface area contributed by atoms with Crippen molar-refractivity contribution in [1.82, 2.24) is 4.98 Å². The predicted octanol–water partition coefficient (Wildman–Crippen LogP) is 4.89. The van der Waals surface area contributed by atoms with Gasteiger partial charge in [0.2, 0.25) is 0 Å². The van der Waals surface area contributed by atoms with Crippen LogP contribution in [0.15, 0.2) is 23.6 Å². The molecule has 1 aromatic carbocycles. The number of carboxylic acid groups (broad SMARTS) is 1. The lowest BCUT2D eigenvalue weighted by Gasteiger charge is -2.05. The molecule has 4 nitrogen and oxygen atoms in total. The molecule has 0 aliphatic carbocycles. The number of nitrogens with zero attached hydrogens (tertiary/aromatic N) is 1. The van der Waals surface area contributed by atoms with Crippen molar-refractivity contribution in [2.45, 2.75) is 26.1 Å². The topological polar surface area (TPSA) is 59.4 Å². The number of carbonyl (C=O) groups is 1. The van der Waals surface area contributed by atoms with Gasteiger partial charge in [-0.2, -0.15) is 13.2 Å². The number of thiazole rings is 1. The summed E-state index contributed by atoms with van der Waals surface area (Å²) in [6.07, 6.45) is -4.51. The van der Waals surface area contributed by atoms with Crippen LogP contribution in [-0.4, -0.2) is 16.1 Å². The monoisotopic (exact) mass is 387 g/mol. The number of ether oxygens (including phenoxy) is 1. The number of aryl methyl sites for hydroxylation is 1. The van der Waals surface area contributed by atoms with Crippen molar-refractivity contribution in [1.29, 1.82) is 0 Å². The van der Waals surface area contributed by atoms with Crippen molar-refractivity contribution >= 4 is 38.7 Å². The van der Waals surface area contributed by atoms with Gasteiger partial charge in [-0.1, -0.05) is 0 Å². The van der Waals surface area contributed by atoms with Gasteiger partial charge in [0, 0.05) is 4.70 Å². The highest BCUT2D eigenvalue weighted by molar-refractivity contribution is 7.17. The van der Waals surface area contributed by atoms with Crippen molar-refractivity contribution in [3.63, 3.8) is 0 Å². The van der Waals surface area contributed by atoms with Gasteiger partial charge >= 0.3 is 12.1 Å². The third kappa shape index (κ3) is 3.93. The van der Waals surface area contributed by atoms with Crippen LogP contribution in [0.5, 0.6) is 5.75 Å². The fourth-order valence-corrected chi connectivity index (χ4v) is 4.12. The lowest BCUT2D eigenvalue weighted by molar-refractivity contribution is -0.138. The predicted molar refractivity (Wildman–Crippen MR) is 89.3 cm³/mol. The zero-order valence-electron chi connectivity index (χ0n) is 12.9. The van der Waals surface area contributed by atoms with Gasteiger partial charge in [0.15, 0.2) is 5.01 Å². The van der Waals surface area contributed by atoms with E-state index in [-0.39, 0.29) is 13.0 Å². The highest BCUT2D eigenvalue weighted by Gasteiger charge is 2.35. The van der Waals surface area contributed by atoms with E-state index in [1.54, 1.807) is 23.6 Å². The molecule has 0 spiro atoms. The number of thiophene rings is 1. The number of aromatic nitrogens is 1. The zero-order chi connectivity index (χ0) is 18.2. The molecule has 1 N–H and O–H groups in total. The molecule has 0 saturated carbocycles. The largest absolute Gasteiger partial charge is 0.488 e. The number of aliphatic carboxylic acids is 1. The number of rotatable bonds is 5. The summed E-state index contributed by atoms with van der Waals surface area (Å²) in [6.45, 7) is 1.52. The Kier molecular flexibility index (Phi) is 4.70. The van der Waals surface area contributed by atoms with E-state index in [2.05, 4.69) is 4.98 Å². The van der Waals surface area contributed by atoms with Crippen LogP contribution >= 0.6 is 22.7 Å². The van der Waals surface area contributed by atoms with E-state index in [1.165, 1.54) is 18.3 Å². The van der Waals surface area contributed by atoms with Crippen LogP contribution in [0.4, 0.5) is 13.2 Å². The maximum atomic E-state index is 12.7. The second-order valence-electron chi connectivity index (χ2n) is 5.30. The van der Waals surface area contributed by atoms with Gasteiger partial charge in [-0.3, -0.25) is 4.79 Å². The Morgan fingerprint density at radius 3 is 2.76 bits per heavy atom. The molecule has 3 aromatic rings. The standard InChI is InChI=1S/C16H12F3NO3S2/c1-8-13(25-15(20-8)16(17,18)19)6-23-10-2-3-11-9(4-14(21)22)7-24-12(11)5-10/h2-3,5,7H,4,6H2,1H3,(H,21,22). The van der Waals surface area contributed by atoms with Crippen LogP contribution in [-0.2, 0) is 24.0 Å². The van der Waals surface area contributed by atoms with Crippen LogP contribution in [0.2, 0.25) is 0 Å². The van der Waals surface area contributed by atoms with Crippen LogP contribution in [0.1, 0.15) is 21.1 Å². The minimum Gasteiger partial charge on any atom is -0.488 e. The van der Waals surface area contributed by atoms with E-state index < -0.39 is 17.2 Å². The van der Waals surface area contributed by atoms with Gasteiger partial charge in [-0.15, -0.1) is 22.7 Å². The summed E-state index contributed by atoms with van der Waals surface area (Å²) in [7, 11) is 0. The Bertz CT molecular complexity index is 930. The second-order valence-corrected chi connectivity index (χ2v) is 7.30. The first-order valence-electron chi connectivity index (χ1n) is 7.12. The molecule has 0 saturated heterocycles. The Hall–Kier alpha value is -2.13. The molecule has 2 aromatic heterocycles. The summed E-state index contributed by atoms with van der Waals surface area (Å²) in [4.78, 5) is 14.8. The molecule has 132 valence electrons. The number of hydrogen-bond donors (Lipinski definition) is 1. The van der Waals surface area contributed by atoms with Gasteiger partial charge in [0.25, 0.3) is 0 Å². The van der Waals surface area contributed by atoms with E-state index >= 15 is 0 Å². The zero-order valence-corrected chi connectivity index (χ0v) is 14.5. The lowest BCUT2D eigenvalue weighted by atomic mass is 10.1. The molecule has 25 heavy (non-hydrogen) atoms. The number of fused-ring (bicyclic) bond motifs is 1. The first kappa shape index (κ1) is 17.7. The molecule has 0 atom stereocenters. The average molecular weight is 387 g/mol. The Morgan fingerprint density at radius 2 is 2.12 bits per heavy atom. The summed E-state index contributed by atoms with van der Waals surface area (Å²) in [5, 5.41) is 10.6. The summed E-state index contributed by atoms with van der Waals surface area (Å²) in [5.41, 5.74) is 1.03. The summed E-state index contributed by atoms with van der Waals surface area (Å²) in [6, 6.07) is 5.20. The average Bonchev–Trinajstić information content (AvgIpc) is 3.08. The highest BCUT2D eigenvalue weighted by Crippen LogP contribution is 2.35. The molecule has 0 fully saturated rings. The number of hydrogen-bond acceptors (Lipinski definition) is 5. The Morgan fingerprint density at radius 1 is 1.36 bits per heavy atom. The van der Waals surface area contributed by atoms with E-state index in [1.807, 2.05) is 0 Å². The molecule has 0 radical (unpaired) electrons. The minimum absolute atomic E-state index is 0.00154. The van der Waals surface area contributed by atoms with Crippen LogP contribution in [0.25, 0.3) is 10.1 Å². The summed E-state index contributed by atoms with van der Waals surface area (Å²) >= 11 is 1.98. The number of benzene rings is 1. The summed E-state index contributed by atoms with van der Waals surface area (Å²) in [5.74, 6) is -0.390. The fraction of sp³-hybridized carbons (Fsp3) is 0.250. The van der Waals surface area contributed by atoms with Gasteiger partial charge in [-0.25, -0.2) is 4.98 Å². The molecule has 9 heteroatoms. The van der Waals surface area contributed by atoms with Crippen molar-refractivity contribution in [2.75, 3.05) is 0 Å². The van der Waals surface area contributed by atoms with Gasteiger partial charge in [-0.05, 0) is 41.5 Å². The van der Waals surface area contributed by atoms with Crippen molar-refractivity contribution in [3.8, 4) is 5.75 Å². The van der Waals surface area contributed by atoms with Gasteiger partial charge in [0.1, 0.15) is 12.4 Å². The fourth-order valence-electron chi connectivity index (χ4n) is 2.29.